The molecule has 2 heterocycles. The SMILES string of the molecule is Cc1ccccc1[C@@H]1CN(C(=O)c2cc3ccccc3cn2)C[C@H]1C(=O)O. The Bertz CT molecular complexity index is 1030. The van der Waals surface area contributed by atoms with Crippen molar-refractivity contribution >= 4 is 22.6 Å². The molecule has 1 fully saturated rings. The van der Waals surface area contributed by atoms with E-state index in [2.05, 4.69) is 4.98 Å². The molecule has 1 aliphatic heterocycles. The van der Waals surface area contributed by atoms with E-state index in [9.17, 15) is 14.7 Å². The lowest BCUT2D eigenvalue weighted by atomic mass is 9.86. The Morgan fingerprint density at radius 2 is 1.74 bits per heavy atom. The van der Waals surface area contributed by atoms with Crippen LogP contribution < -0.4 is 0 Å². The van der Waals surface area contributed by atoms with Gasteiger partial charge in [-0.25, -0.2) is 0 Å². The van der Waals surface area contributed by atoms with Gasteiger partial charge in [0.05, 0.1) is 5.92 Å². The van der Waals surface area contributed by atoms with Crippen molar-refractivity contribution in [1.29, 1.82) is 0 Å². The molecule has 0 bridgehead atoms. The Hall–Kier alpha value is -3.21. The van der Waals surface area contributed by atoms with Crippen molar-refractivity contribution in [1.82, 2.24) is 9.88 Å². The Morgan fingerprint density at radius 1 is 1.04 bits per heavy atom. The number of aromatic nitrogens is 1. The van der Waals surface area contributed by atoms with Gasteiger partial charge in [0.2, 0.25) is 0 Å². The predicted octanol–water partition coefficient (Wildman–Crippen LogP) is 3.48. The monoisotopic (exact) mass is 360 g/mol. The van der Waals surface area contributed by atoms with Gasteiger partial charge in [-0.15, -0.1) is 0 Å². The fourth-order valence-electron chi connectivity index (χ4n) is 3.90. The van der Waals surface area contributed by atoms with Gasteiger partial charge in [-0.2, -0.15) is 0 Å². The Labute approximate surface area is 157 Å². The highest BCUT2D eigenvalue weighted by atomic mass is 16.4. The van der Waals surface area contributed by atoms with Crippen LogP contribution in [-0.4, -0.2) is 40.0 Å². The highest BCUT2D eigenvalue weighted by Crippen LogP contribution is 2.35. The lowest BCUT2D eigenvalue weighted by molar-refractivity contribution is -0.141. The van der Waals surface area contributed by atoms with E-state index in [-0.39, 0.29) is 18.4 Å². The lowest BCUT2D eigenvalue weighted by Crippen LogP contribution is -2.30. The van der Waals surface area contributed by atoms with Crippen LogP contribution in [0.5, 0.6) is 0 Å². The number of hydrogen-bond donors (Lipinski definition) is 1. The van der Waals surface area contributed by atoms with E-state index in [0.29, 0.717) is 12.2 Å². The molecule has 3 aromatic rings. The number of likely N-dealkylation sites (tertiary alicyclic amines) is 1. The number of rotatable bonds is 3. The number of carbonyl (C=O) groups is 2. The first-order chi connectivity index (χ1) is 13.0. The van der Waals surface area contributed by atoms with E-state index in [0.717, 1.165) is 21.9 Å². The summed E-state index contributed by atoms with van der Waals surface area (Å²) in [6.45, 7) is 2.56. The molecular formula is C22H20N2O3. The average Bonchev–Trinajstić information content (AvgIpc) is 3.13. The third-order valence-electron chi connectivity index (χ3n) is 5.36. The van der Waals surface area contributed by atoms with Crippen LogP contribution in [0.3, 0.4) is 0 Å². The summed E-state index contributed by atoms with van der Waals surface area (Å²) in [4.78, 5) is 30.7. The molecule has 1 aliphatic rings. The Balaban J connectivity index is 1.64. The number of pyridine rings is 1. The molecule has 0 unspecified atom stereocenters. The molecule has 2 aromatic carbocycles. The summed E-state index contributed by atoms with van der Waals surface area (Å²) in [5, 5.41) is 11.6. The van der Waals surface area contributed by atoms with Crippen molar-refractivity contribution in [2.75, 3.05) is 13.1 Å². The van der Waals surface area contributed by atoms with Crippen molar-refractivity contribution in [3.05, 3.63) is 77.6 Å². The summed E-state index contributed by atoms with van der Waals surface area (Å²) in [7, 11) is 0. The first kappa shape index (κ1) is 17.2. The third-order valence-corrected chi connectivity index (χ3v) is 5.36. The fraction of sp³-hybridized carbons (Fsp3) is 0.227. The van der Waals surface area contributed by atoms with Crippen molar-refractivity contribution < 1.29 is 14.7 Å². The summed E-state index contributed by atoms with van der Waals surface area (Å²) in [5.41, 5.74) is 2.39. The maximum absolute atomic E-state index is 13.0. The largest absolute Gasteiger partial charge is 0.481 e. The summed E-state index contributed by atoms with van der Waals surface area (Å²) in [6, 6.07) is 17.3. The second-order valence-corrected chi connectivity index (χ2v) is 7.03. The molecular weight excluding hydrogens is 340 g/mol. The Morgan fingerprint density at radius 3 is 2.48 bits per heavy atom. The van der Waals surface area contributed by atoms with E-state index in [1.54, 1.807) is 17.2 Å². The number of benzene rings is 2. The van der Waals surface area contributed by atoms with Crippen LogP contribution in [0.15, 0.2) is 60.8 Å². The molecule has 5 nitrogen and oxygen atoms in total. The minimum atomic E-state index is -0.870. The third kappa shape index (κ3) is 3.16. The van der Waals surface area contributed by atoms with Gasteiger partial charge in [0.1, 0.15) is 5.69 Å². The first-order valence-electron chi connectivity index (χ1n) is 8.97. The average molecular weight is 360 g/mol. The molecule has 1 N–H and O–H groups in total. The number of carboxylic acid groups (broad SMARTS) is 1. The van der Waals surface area contributed by atoms with E-state index in [4.69, 9.17) is 0 Å². The summed E-state index contributed by atoms with van der Waals surface area (Å²) >= 11 is 0. The number of nitrogens with zero attached hydrogens (tertiary/aromatic N) is 2. The van der Waals surface area contributed by atoms with Crippen LogP contribution in [-0.2, 0) is 4.79 Å². The van der Waals surface area contributed by atoms with Gasteiger partial charge < -0.3 is 10.0 Å². The minimum Gasteiger partial charge on any atom is -0.481 e. The second-order valence-electron chi connectivity index (χ2n) is 7.03. The number of hydrogen-bond acceptors (Lipinski definition) is 3. The van der Waals surface area contributed by atoms with E-state index in [1.165, 1.54) is 0 Å². The van der Waals surface area contributed by atoms with Crippen molar-refractivity contribution in [2.45, 2.75) is 12.8 Å². The zero-order valence-electron chi connectivity index (χ0n) is 15.0. The highest BCUT2D eigenvalue weighted by molar-refractivity contribution is 5.97. The topological polar surface area (TPSA) is 70.5 Å². The predicted molar refractivity (Wildman–Crippen MR) is 103 cm³/mol. The molecule has 0 aliphatic carbocycles. The number of fused-ring (bicyclic) bond motifs is 1. The van der Waals surface area contributed by atoms with Crippen LogP contribution >= 0.6 is 0 Å². The number of carbonyl (C=O) groups excluding carboxylic acids is 1. The maximum atomic E-state index is 13.0. The molecule has 27 heavy (non-hydrogen) atoms. The van der Waals surface area contributed by atoms with Crippen LogP contribution in [0, 0.1) is 12.8 Å². The zero-order valence-corrected chi connectivity index (χ0v) is 15.0. The molecule has 5 heteroatoms. The van der Waals surface area contributed by atoms with Gasteiger partial charge in [-0.05, 0) is 29.5 Å². The normalized spacial score (nSPS) is 19.4. The van der Waals surface area contributed by atoms with Gasteiger partial charge in [0.15, 0.2) is 0 Å². The summed E-state index contributed by atoms with van der Waals surface area (Å²) in [5.74, 6) is -1.92. The van der Waals surface area contributed by atoms with Crippen LogP contribution in [0.1, 0.15) is 27.5 Å². The fourth-order valence-corrected chi connectivity index (χ4v) is 3.90. The molecule has 1 amide bonds. The molecule has 0 spiro atoms. The quantitative estimate of drug-likeness (QED) is 0.776. The van der Waals surface area contributed by atoms with Gasteiger partial charge in [-0.3, -0.25) is 14.6 Å². The van der Waals surface area contributed by atoms with Crippen molar-refractivity contribution in [3.63, 3.8) is 0 Å². The van der Waals surface area contributed by atoms with Crippen LogP contribution in [0.4, 0.5) is 0 Å². The number of aryl methyl sites for hydroxylation is 1. The molecule has 0 saturated carbocycles. The van der Waals surface area contributed by atoms with E-state index < -0.39 is 11.9 Å². The maximum Gasteiger partial charge on any atom is 0.308 e. The van der Waals surface area contributed by atoms with Gasteiger partial charge in [0.25, 0.3) is 5.91 Å². The Kier molecular flexibility index (Phi) is 4.36. The van der Waals surface area contributed by atoms with Gasteiger partial charge in [0, 0.05) is 30.6 Å². The van der Waals surface area contributed by atoms with Crippen LogP contribution in [0.2, 0.25) is 0 Å². The first-order valence-corrected chi connectivity index (χ1v) is 8.97. The number of amides is 1. The second kappa shape index (κ2) is 6.83. The standard InChI is InChI=1S/C22H20N2O3/c1-14-6-2-5-9-17(14)18-12-24(13-19(18)22(26)27)21(25)20-10-15-7-3-4-8-16(15)11-23-20/h2-11,18-19H,12-13H2,1H3,(H,26,27)/t18-,19+/m0/s1. The molecule has 4 rings (SSSR count). The van der Waals surface area contributed by atoms with E-state index >= 15 is 0 Å². The number of carboxylic acids is 1. The van der Waals surface area contributed by atoms with Crippen molar-refractivity contribution in [3.8, 4) is 0 Å². The lowest BCUT2D eigenvalue weighted by Gasteiger charge is -2.18. The van der Waals surface area contributed by atoms with E-state index in [1.807, 2.05) is 55.5 Å². The molecule has 2 atom stereocenters. The van der Waals surface area contributed by atoms with Crippen LogP contribution in [0.25, 0.3) is 10.8 Å². The number of aliphatic carboxylic acids is 1. The summed E-state index contributed by atoms with van der Waals surface area (Å²) < 4.78 is 0. The van der Waals surface area contributed by atoms with Crippen molar-refractivity contribution in [2.24, 2.45) is 5.92 Å². The van der Waals surface area contributed by atoms with Gasteiger partial charge in [-0.1, -0.05) is 48.5 Å². The molecule has 0 radical (unpaired) electrons. The molecule has 136 valence electrons. The minimum absolute atomic E-state index is 0.196. The molecule has 1 saturated heterocycles. The highest BCUT2D eigenvalue weighted by Gasteiger charge is 2.41. The zero-order chi connectivity index (χ0) is 19.0. The molecule has 1 aromatic heterocycles. The van der Waals surface area contributed by atoms with Gasteiger partial charge >= 0.3 is 5.97 Å². The summed E-state index contributed by atoms with van der Waals surface area (Å²) in [6.07, 6.45) is 1.69. The smallest absolute Gasteiger partial charge is 0.308 e.